The molecule has 4 aromatic rings. The van der Waals surface area contributed by atoms with Crippen LogP contribution in [-0.4, -0.2) is 42.1 Å². The van der Waals surface area contributed by atoms with E-state index in [4.69, 9.17) is 0 Å². The third-order valence-corrected chi connectivity index (χ3v) is 6.41. The highest BCUT2D eigenvalue weighted by atomic mass is 15.1. The van der Waals surface area contributed by atoms with Gasteiger partial charge in [0.15, 0.2) is 0 Å². The van der Waals surface area contributed by atoms with Gasteiger partial charge >= 0.3 is 0 Å². The predicted octanol–water partition coefficient (Wildman–Crippen LogP) is 6.01. The molecule has 0 amide bonds. The van der Waals surface area contributed by atoms with Crippen LogP contribution in [-0.2, 0) is 6.54 Å². The summed E-state index contributed by atoms with van der Waals surface area (Å²) in [6.45, 7) is 7.03. The summed E-state index contributed by atoms with van der Waals surface area (Å²) in [4.78, 5) is 9.93. The highest BCUT2D eigenvalue weighted by Crippen LogP contribution is 2.32. The van der Waals surface area contributed by atoms with Crippen molar-refractivity contribution in [2.75, 3.05) is 32.5 Å². The Morgan fingerprint density at radius 1 is 1.06 bits per heavy atom. The first-order chi connectivity index (χ1) is 17.5. The summed E-state index contributed by atoms with van der Waals surface area (Å²) >= 11 is 0. The number of nitrogens with zero attached hydrogens (tertiary/aromatic N) is 3. The van der Waals surface area contributed by atoms with Crippen molar-refractivity contribution in [3.8, 4) is 6.07 Å². The molecule has 0 aliphatic rings. The number of hydrogen-bond acceptors (Lipinski definition) is 5. The third kappa shape index (κ3) is 6.01. The summed E-state index contributed by atoms with van der Waals surface area (Å²) < 4.78 is 0. The van der Waals surface area contributed by atoms with Gasteiger partial charge in [-0.1, -0.05) is 36.4 Å². The van der Waals surface area contributed by atoms with E-state index in [0.717, 1.165) is 70.7 Å². The van der Waals surface area contributed by atoms with Crippen LogP contribution in [0.1, 0.15) is 39.9 Å². The van der Waals surface area contributed by atoms with Crippen molar-refractivity contribution in [1.29, 1.82) is 5.26 Å². The van der Waals surface area contributed by atoms with Gasteiger partial charge in [-0.2, -0.15) is 5.26 Å². The van der Waals surface area contributed by atoms with Gasteiger partial charge in [-0.3, -0.25) is 4.98 Å². The minimum atomic E-state index is 0.518. The van der Waals surface area contributed by atoms with Crippen LogP contribution in [0.5, 0.6) is 0 Å². The van der Waals surface area contributed by atoms with Crippen molar-refractivity contribution in [3.63, 3.8) is 0 Å². The lowest BCUT2D eigenvalue weighted by Gasteiger charge is -2.16. The van der Waals surface area contributed by atoms with Crippen molar-refractivity contribution in [2.45, 2.75) is 26.8 Å². The average Bonchev–Trinajstić information content (AvgIpc) is 3.36. The number of nitriles is 1. The zero-order chi connectivity index (χ0) is 25.5. The molecule has 0 aliphatic heterocycles. The Bertz CT molecular complexity index is 1390. The number of pyridine rings is 1. The van der Waals surface area contributed by atoms with Gasteiger partial charge in [0.05, 0.1) is 11.3 Å². The van der Waals surface area contributed by atoms with E-state index in [1.807, 2.05) is 25.3 Å². The number of fused-ring (bicyclic) bond motifs is 1. The summed E-state index contributed by atoms with van der Waals surface area (Å²) in [5.74, 6) is 0. The van der Waals surface area contributed by atoms with E-state index in [9.17, 15) is 5.26 Å². The fraction of sp³-hybridized carbons (Fsp3) is 0.267. The zero-order valence-corrected chi connectivity index (χ0v) is 21.5. The number of aryl methyl sites for hydroxylation is 2. The van der Waals surface area contributed by atoms with Crippen LogP contribution in [0.4, 0.5) is 11.4 Å². The molecule has 36 heavy (non-hydrogen) atoms. The number of aromatic nitrogens is 2. The Balaban J connectivity index is 1.52. The quantitative estimate of drug-likeness (QED) is 0.243. The average molecular weight is 479 g/mol. The first-order valence-corrected chi connectivity index (χ1v) is 12.3. The van der Waals surface area contributed by atoms with E-state index in [2.05, 4.69) is 95.1 Å². The molecule has 4 rings (SSSR count). The van der Waals surface area contributed by atoms with E-state index in [0.29, 0.717) is 5.56 Å². The van der Waals surface area contributed by atoms with E-state index < -0.39 is 0 Å². The van der Waals surface area contributed by atoms with Crippen molar-refractivity contribution in [2.24, 2.45) is 0 Å². The molecule has 184 valence electrons. The summed E-state index contributed by atoms with van der Waals surface area (Å²) in [5, 5.41) is 18.0. The van der Waals surface area contributed by atoms with Crippen LogP contribution in [0.2, 0.25) is 0 Å². The largest absolute Gasteiger partial charge is 0.361 e. The highest BCUT2D eigenvalue weighted by Gasteiger charge is 2.13. The van der Waals surface area contributed by atoms with Crippen LogP contribution >= 0.6 is 0 Å². The molecule has 6 heteroatoms. The van der Waals surface area contributed by atoms with E-state index in [1.54, 1.807) is 6.20 Å². The molecule has 0 saturated heterocycles. The molecular formula is C30H34N6. The number of anilines is 2. The van der Waals surface area contributed by atoms with Gasteiger partial charge < -0.3 is 20.5 Å². The van der Waals surface area contributed by atoms with Crippen molar-refractivity contribution < 1.29 is 0 Å². The Hall–Kier alpha value is -3.92. The molecule has 0 fully saturated rings. The van der Waals surface area contributed by atoms with E-state index >= 15 is 0 Å². The monoisotopic (exact) mass is 478 g/mol. The van der Waals surface area contributed by atoms with Gasteiger partial charge in [-0.05, 0) is 82.3 Å². The molecule has 0 spiro atoms. The first kappa shape index (κ1) is 25.2. The summed E-state index contributed by atoms with van der Waals surface area (Å²) in [5.41, 5.74) is 8.64. The maximum atomic E-state index is 9.80. The standard InChI is InChI=1S/C30H34N6/c1-21-26-14-16-33-29(26)13-12-28(21)35-30-25(18-31)20-34-22(2)27(30)11-10-23-6-8-24(9-7-23)19-32-15-5-17-36(3)4/h6-14,16,20,32-33H,5,15,17,19H2,1-4H3,(H,34,35). The molecule has 0 bridgehead atoms. The lowest BCUT2D eigenvalue weighted by atomic mass is 10.0. The van der Waals surface area contributed by atoms with Crippen LogP contribution < -0.4 is 10.6 Å². The molecule has 0 radical (unpaired) electrons. The van der Waals surface area contributed by atoms with Crippen molar-refractivity contribution in [3.05, 3.63) is 88.4 Å². The van der Waals surface area contributed by atoms with E-state index in [1.165, 1.54) is 5.56 Å². The molecule has 2 aromatic carbocycles. The number of H-pyrrole nitrogens is 1. The van der Waals surface area contributed by atoms with Crippen molar-refractivity contribution >= 4 is 34.4 Å². The zero-order valence-electron chi connectivity index (χ0n) is 21.5. The second-order valence-electron chi connectivity index (χ2n) is 9.37. The topological polar surface area (TPSA) is 79.8 Å². The van der Waals surface area contributed by atoms with Gasteiger partial charge in [0.1, 0.15) is 6.07 Å². The molecule has 0 saturated carbocycles. The fourth-order valence-corrected chi connectivity index (χ4v) is 4.28. The van der Waals surface area contributed by atoms with Crippen LogP contribution in [0.25, 0.3) is 23.1 Å². The third-order valence-electron chi connectivity index (χ3n) is 6.41. The van der Waals surface area contributed by atoms with Crippen LogP contribution in [0.15, 0.2) is 54.9 Å². The van der Waals surface area contributed by atoms with Crippen molar-refractivity contribution in [1.82, 2.24) is 20.2 Å². The molecule has 2 aromatic heterocycles. The minimum absolute atomic E-state index is 0.518. The van der Waals surface area contributed by atoms with Gasteiger partial charge in [-0.25, -0.2) is 0 Å². The maximum Gasteiger partial charge on any atom is 0.103 e. The van der Waals surface area contributed by atoms with Gasteiger partial charge in [0, 0.05) is 46.8 Å². The molecule has 0 aliphatic carbocycles. The molecular weight excluding hydrogens is 444 g/mol. The number of benzene rings is 2. The first-order valence-electron chi connectivity index (χ1n) is 12.3. The number of rotatable bonds is 10. The lowest BCUT2D eigenvalue weighted by Crippen LogP contribution is -2.20. The Morgan fingerprint density at radius 3 is 2.61 bits per heavy atom. The summed E-state index contributed by atoms with van der Waals surface area (Å²) in [7, 11) is 4.20. The Labute approximate surface area is 213 Å². The minimum Gasteiger partial charge on any atom is -0.361 e. The number of aromatic amines is 1. The Morgan fingerprint density at radius 2 is 1.86 bits per heavy atom. The Kier molecular flexibility index (Phi) is 8.17. The predicted molar refractivity (Wildman–Crippen MR) is 150 cm³/mol. The number of hydrogen-bond donors (Lipinski definition) is 3. The summed E-state index contributed by atoms with van der Waals surface area (Å²) in [6.07, 6.45) is 8.84. The molecule has 6 nitrogen and oxygen atoms in total. The maximum absolute atomic E-state index is 9.80. The van der Waals surface area contributed by atoms with Gasteiger partial charge in [-0.15, -0.1) is 0 Å². The van der Waals surface area contributed by atoms with Crippen LogP contribution in [0, 0.1) is 25.2 Å². The fourth-order valence-electron chi connectivity index (χ4n) is 4.28. The second-order valence-corrected chi connectivity index (χ2v) is 9.37. The van der Waals surface area contributed by atoms with Gasteiger partial charge in [0.2, 0.25) is 0 Å². The smallest absolute Gasteiger partial charge is 0.103 e. The second kappa shape index (κ2) is 11.7. The van der Waals surface area contributed by atoms with Gasteiger partial charge in [0.25, 0.3) is 0 Å². The molecule has 2 heterocycles. The normalized spacial score (nSPS) is 11.4. The van der Waals surface area contributed by atoms with E-state index in [-0.39, 0.29) is 0 Å². The molecule has 0 atom stereocenters. The molecule has 3 N–H and O–H groups in total. The summed E-state index contributed by atoms with van der Waals surface area (Å²) in [6, 6.07) is 17.0. The SMILES string of the molecule is Cc1ncc(C#N)c(Nc2ccc3[nH]ccc3c2C)c1C=Cc1ccc(CNCCCN(C)C)cc1. The highest BCUT2D eigenvalue weighted by molar-refractivity contribution is 5.90. The molecule has 0 unspecified atom stereocenters. The van der Waals surface area contributed by atoms with Crippen LogP contribution in [0.3, 0.4) is 0 Å². The number of nitrogens with one attached hydrogen (secondary N) is 3. The lowest BCUT2D eigenvalue weighted by molar-refractivity contribution is 0.394.